The van der Waals surface area contributed by atoms with E-state index in [-0.39, 0.29) is 11.6 Å². The number of nitrogens with one attached hydrogen (secondary N) is 1. The predicted octanol–water partition coefficient (Wildman–Crippen LogP) is 1.86. The predicted molar refractivity (Wildman–Crippen MR) is 65.8 cm³/mol. The van der Waals surface area contributed by atoms with Crippen molar-refractivity contribution in [3.63, 3.8) is 0 Å². The molecule has 1 saturated carbocycles. The van der Waals surface area contributed by atoms with Gasteiger partial charge in [-0.3, -0.25) is 0 Å². The van der Waals surface area contributed by atoms with Crippen molar-refractivity contribution >= 4 is 0 Å². The van der Waals surface area contributed by atoms with Gasteiger partial charge in [-0.1, -0.05) is 25.7 Å². The average molecular weight is 208 g/mol. The zero-order valence-corrected chi connectivity index (χ0v) is 10.3. The van der Waals surface area contributed by atoms with Gasteiger partial charge in [-0.2, -0.15) is 0 Å². The van der Waals surface area contributed by atoms with Gasteiger partial charge in [0.2, 0.25) is 0 Å². The van der Waals surface area contributed by atoms with Crippen molar-refractivity contribution in [3.8, 4) is 12.3 Å². The normalized spacial score (nSPS) is 21.5. The summed E-state index contributed by atoms with van der Waals surface area (Å²) >= 11 is 0. The van der Waals surface area contributed by atoms with Crippen LogP contribution in [0.4, 0.5) is 0 Å². The molecular formula is C13H24N2. The summed E-state index contributed by atoms with van der Waals surface area (Å²) in [6.45, 7) is 3.20. The Labute approximate surface area is 94.4 Å². The highest BCUT2D eigenvalue weighted by atomic mass is 15.2. The van der Waals surface area contributed by atoms with Crippen LogP contribution in [0.1, 0.15) is 39.0 Å². The summed E-state index contributed by atoms with van der Waals surface area (Å²) < 4.78 is 0. The summed E-state index contributed by atoms with van der Waals surface area (Å²) in [4.78, 5) is 2.33. The van der Waals surface area contributed by atoms with Gasteiger partial charge in [0.05, 0.1) is 6.04 Å². The van der Waals surface area contributed by atoms with Gasteiger partial charge in [0.1, 0.15) is 0 Å². The van der Waals surface area contributed by atoms with Gasteiger partial charge in [-0.15, -0.1) is 6.42 Å². The Morgan fingerprint density at radius 1 is 1.40 bits per heavy atom. The summed E-state index contributed by atoms with van der Waals surface area (Å²) in [5.74, 6) is 2.95. The van der Waals surface area contributed by atoms with E-state index in [0.29, 0.717) is 0 Å². The lowest BCUT2D eigenvalue weighted by Crippen LogP contribution is -2.57. The molecule has 1 aliphatic carbocycles. The van der Waals surface area contributed by atoms with E-state index in [9.17, 15) is 0 Å². The van der Waals surface area contributed by atoms with Crippen molar-refractivity contribution < 1.29 is 0 Å². The molecule has 0 radical (unpaired) electrons. The van der Waals surface area contributed by atoms with Crippen molar-refractivity contribution in [1.82, 2.24) is 10.2 Å². The molecule has 1 rings (SSSR count). The molecule has 1 fully saturated rings. The monoisotopic (exact) mass is 208 g/mol. The number of hydrogen-bond acceptors (Lipinski definition) is 2. The Kier molecular flexibility index (Phi) is 4.63. The highest BCUT2D eigenvalue weighted by molar-refractivity contribution is 5.15. The van der Waals surface area contributed by atoms with E-state index in [1.54, 1.807) is 0 Å². The Balaban J connectivity index is 2.73. The molecule has 0 saturated heterocycles. The van der Waals surface area contributed by atoms with Crippen LogP contribution in [0.3, 0.4) is 0 Å². The van der Waals surface area contributed by atoms with Crippen LogP contribution in [0.25, 0.3) is 0 Å². The van der Waals surface area contributed by atoms with Crippen molar-refractivity contribution in [2.24, 2.45) is 0 Å². The van der Waals surface area contributed by atoms with Gasteiger partial charge in [0, 0.05) is 5.54 Å². The smallest absolute Gasteiger partial charge is 0.0873 e. The molecule has 2 nitrogen and oxygen atoms in total. The van der Waals surface area contributed by atoms with Crippen LogP contribution in [-0.2, 0) is 0 Å². The lowest BCUT2D eigenvalue weighted by Gasteiger charge is -2.41. The van der Waals surface area contributed by atoms with Crippen LogP contribution in [0.15, 0.2) is 0 Å². The standard InChI is InChI=1S/C13H24N2/c1-5-11-14-12(6-2)13(15(3)4)9-7-8-10-13/h2,12,14H,5,7-11H2,1,3-4H3. The molecule has 0 aromatic carbocycles. The molecule has 1 aliphatic rings. The van der Waals surface area contributed by atoms with E-state index in [1.165, 1.54) is 25.7 Å². The summed E-state index contributed by atoms with van der Waals surface area (Å²) in [5.41, 5.74) is 0.198. The third-order valence-electron chi connectivity index (χ3n) is 3.66. The van der Waals surface area contributed by atoms with Crippen LogP contribution in [0.5, 0.6) is 0 Å². The number of rotatable bonds is 5. The van der Waals surface area contributed by atoms with Crippen LogP contribution in [-0.4, -0.2) is 37.1 Å². The zero-order valence-electron chi connectivity index (χ0n) is 10.3. The van der Waals surface area contributed by atoms with Crippen LogP contribution >= 0.6 is 0 Å². The molecule has 0 bridgehead atoms. The Morgan fingerprint density at radius 2 is 2.00 bits per heavy atom. The van der Waals surface area contributed by atoms with Crippen molar-refractivity contribution in [2.45, 2.75) is 50.6 Å². The second-order valence-electron chi connectivity index (χ2n) is 4.76. The lowest BCUT2D eigenvalue weighted by molar-refractivity contribution is 0.128. The van der Waals surface area contributed by atoms with E-state index in [2.05, 4.69) is 37.2 Å². The maximum absolute atomic E-state index is 5.68. The maximum atomic E-state index is 5.68. The highest BCUT2D eigenvalue weighted by Crippen LogP contribution is 2.36. The minimum Gasteiger partial charge on any atom is -0.302 e. The Morgan fingerprint density at radius 3 is 2.40 bits per heavy atom. The van der Waals surface area contributed by atoms with Gasteiger partial charge >= 0.3 is 0 Å². The number of nitrogens with zero attached hydrogens (tertiary/aromatic N) is 1. The van der Waals surface area contributed by atoms with Crippen LogP contribution in [0, 0.1) is 12.3 Å². The molecule has 86 valence electrons. The third-order valence-corrected chi connectivity index (χ3v) is 3.66. The molecule has 0 aromatic heterocycles. The maximum Gasteiger partial charge on any atom is 0.0873 e. The summed E-state index contributed by atoms with van der Waals surface area (Å²) in [6, 6.07) is 0.204. The van der Waals surface area contributed by atoms with Crippen LogP contribution < -0.4 is 5.32 Å². The molecule has 0 spiro atoms. The molecule has 0 amide bonds. The molecular weight excluding hydrogens is 184 g/mol. The lowest BCUT2D eigenvalue weighted by atomic mass is 9.87. The fraction of sp³-hybridized carbons (Fsp3) is 0.846. The molecule has 0 heterocycles. The average Bonchev–Trinajstić information content (AvgIpc) is 2.69. The number of likely N-dealkylation sites (N-methyl/N-ethyl adjacent to an activating group) is 1. The summed E-state index contributed by atoms with van der Waals surface area (Å²) in [5, 5.41) is 3.51. The molecule has 1 N–H and O–H groups in total. The van der Waals surface area contributed by atoms with Gasteiger partial charge in [-0.25, -0.2) is 0 Å². The zero-order chi connectivity index (χ0) is 11.3. The van der Waals surface area contributed by atoms with Crippen molar-refractivity contribution in [1.29, 1.82) is 0 Å². The minimum absolute atomic E-state index is 0.198. The molecule has 0 aromatic rings. The molecule has 0 aliphatic heterocycles. The van der Waals surface area contributed by atoms with Gasteiger partial charge < -0.3 is 10.2 Å². The van der Waals surface area contributed by atoms with Gasteiger partial charge in [0.25, 0.3) is 0 Å². The van der Waals surface area contributed by atoms with Gasteiger partial charge in [-0.05, 0) is 39.9 Å². The van der Waals surface area contributed by atoms with E-state index < -0.39 is 0 Å². The van der Waals surface area contributed by atoms with E-state index in [4.69, 9.17) is 6.42 Å². The Bertz CT molecular complexity index is 221. The van der Waals surface area contributed by atoms with E-state index in [1.807, 2.05) is 0 Å². The first-order valence-electron chi connectivity index (χ1n) is 6.04. The quantitative estimate of drug-likeness (QED) is 0.694. The van der Waals surface area contributed by atoms with Gasteiger partial charge in [0.15, 0.2) is 0 Å². The second kappa shape index (κ2) is 5.53. The summed E-state index contributed by atoms with van der Waals surface area (Å²) in [7, 11) is 4.31. The number of hydrogen-bond donors (Lipinski definition) is 1. The summed E-state index contributed by atoms with van der Waals surface area (Å²) in [6.07, 6.45) is 11.9. The molecule has 1 unspecified atom stereocenters. The molecule has 1 atom stereocenters. The van der Waals surface area contributed by atoms with E-state index >= 15 is 0 Å². The number of terminal acetylenes is 1. The van der Waals surface area contributed by atoms with Crippen molar-refractivity contribution in [3.05, 3.63) is 0 Å². The first kappa shape index (κ1) is 12.5. The molecule has 2 heteroatoms. The highest BCUT2D eigenvalue weighted by Gasteiger charge is 2.42. The SMILES string of the molecule is C#CC(NCCC)C1(N(C)C)CCCC1. The minimum atomic E-state index is 0.198. The second-order valence-corrected chi connectivity index (χ2v) is 4.76. The van der Waals surface area contributed by atoms with Crippen LogP contribution in [0.2, 0.25) is 0 Å². The fourth-order valence-electron chi connectivity index (χ4n) is 2.67. The van der Waals surface area contributed by atoms with Crippen molar-refractivity contribution in [2.75, 3.05) is 20.6 Å². The topological polar surface area (TPSA) is 15.3 Å². The Hall–Kier alpha value is -0.520. The first-order chi connectivity index (χ1) is 7.17. The first-order valence-corrected chi connectivity index (χ1v) is 6.04. The van der Waals surface area contributed by atoms with E-state index in [0.717, 1.165) is 13.0 Å². The third kappa shape index (κ3) is 2.53. The molecule has 15 heavy (non-hydrogen) atoms. The largest absolute Gasteiger partial charge is 0.302 e. The fourth-order valence-corrected chi connectivity index (χ4v) is 2.67.